The summed E-state index contributed by atoms with van der Waals surface area (Å²) in [5.41, 5.74) is 2.19. The van der Waals surface area contributed by atoms with Gasteiger partial charge in [-0.1, -0.05) is 38.6 Å². The molecule has 0 fully saturated rings. The van der Waals surface area contributed by atoms with Crippen LogP contribution in [0.25, 0.3) is 17.2 Å². The first-order chi connectivity index (χ1) is 12.9. The van der Waals surface area contributed by atoms with Gasteiger partial charge in [0.15, 0.2) is 12.0 Å². The number of hydrogen-bond donors (Lipinski definition) is 1. The lowest BCUT2D eigenvalue weighted by atomic mass is 9.96. The molecule has 1 amide bonds. The number of aromatic nitrogens is 1. The number of pyridine rings is 1. The highest BCUT2D eigenvalue weighted by Crippen LogP contribution is 2.27. The number of rotatable bonds is 7. The first kappa shape index (κ1) is 20.0. The second-order valence-corrected chi connectivity index (χ2v) is 6.36. The molecular formula is C21H22N2O4. The van der Waals surface area contributed by atoms with Crippen molar-refractivity contribution >= 4 is 24.2 Å². The predicted octanol–water partition coefficient (Wildman–Crippen LogP) is 3.38. The number of ether oxygens (including phenoxy) is 1. The van der Waals surface area contributed by atoms with Gasteiger partial charge < -0.3 is 10.1 Å². The Bertz CT molecular complexity index is 888. The van der Waals surface area contributed by atoms with Crippen molar-refractivity contribution in [2.24, 2.45) is 5.92 Å². The summed E-state index contributed by atoms with van der Waals surface area (Å²) in [5.74, 6) is -0.780. The fourth-order valence-electron chi connectivity index (χ4n) is 2.49. The van der Waals surface area contributed by atoms with E-state index in [4.69, 9.17) is 4.74 Å². The summed E-state index contributed by atoms with van der Waals surface area (Å²) < 4.78 is 4.81. The molecule has 0 radical (unpaired) electrons. The number of aldehydes is 1. The minimum absolute atomic E-state index is 0.0239. The van der Waals surface area contributed by atoms with Gasteiger partial charge in [0.25, 0.3) is 5.91 Å². The molecule has 6 heteroatoms. The molecule has 0 aliphatic carbocycles. The second kappa shape index (κ2) is 8.89. The highest BCUT2D eigenvalue weighted by molar-refractivity contribution is 6.01. The Balaban J connectivity index is 2.54. The zero-order chi connectivity index (χ0) is 20.0. The maximum atomic E-state index is 12.3. The van der Waals surface area contributed by atoms with E-state index in [1.807, 2.05) is 13.8 Å². The fourth-order valence-corrected chi connectivity index (χ4v) is 2.49. The van der Waals surface area contributed by atoms with Gasteiger partial charge in [-0.2, -0.15) is 0 Å². The van der Waals surface area contributed by atoms with E-state index in [2.05, 4.69) is 16.9 Å². The third-order valence-electron chi connectivity index (χ3n) is 3.91. The van der Waals surface area contributed by atoms with Crippen molar-refractivity contribution in [3.05, 3.63) is 59.4 Å². The topological polar surface area (TPSA) is 85.4 Å². The zero-order valence-electron chi connectivity index (χ0n) is 15.6. The van der Waals surface area contributed by atoms with Gasteiger partial charge in [0.2, 0.25) is 0 Å². The van der Waals surface area contributed by atoms with Crippen LogP contribution < -0.4 is 5.32 Å². The fraction of sp³-hybridized carbons (Fsp3) is 0.238. The Morgan fingerprint density at radius 1 is 1.22 bits per heavy atom. The van der Waals surface area contributed by atoms with Crippen LogP contribution in [0.2, 0.25) is 0 Å². The van der Waals surface area contributed by atoms with E-state index in [0.717, 1.165) is 5.56 Å². The predicted molar refractivity (Wildman–Crippen MR) is 104 cm³/mol. The molecule has 1 aromatic carbocycles. The van der Waals surface area contributed by atoms with Gasteiger partial charge in [0.05, 0.1) is 7.11 Å². The number of benzene rings is 1. The lowest BCUT2D eigenvalue weighted by molar-refractivity contribution is 0.0594. The molecule has 0 aliphatic heterocycles. The van der Waals surface area contributed by atoms with Gasteiger partial charge in [-0.15, -0.1) is 0 Å². The molecule has 0 atom stereocenters. The molecule has 6 nitrogen and oxygen atoms in total. The van der Waals surface area contributed by atoms with E-state index in [1.165, 1.54) is 13.2 Å². The van der Waals surface area contributed by atoms with Gasteiger partial charge >= 0.3 is 5.97 Å². The maximum absolute atomic E-state index is 12.3. The van der Waals surface area contributed by atoms with Gasteiger partial charge in [0, 0.05) is 17.7 Å². The zero-order valence-corrected chi connectivity index (χ0v) is 15.6. The molecule has 1 N–H and O–H groups in total. The molecular weight excluding hydrogens is 344 g/mol. The number of nitrogens with one attached hydrogen (secondary N) is 1. The van der Waals surface area contributed by atoms with E-state index in [1.54, 1.807) is 30.3 Å². The summed E-state index contributed by atoms with van der Waals surface area (Å²) in [4.78, 5) is 40.2. The monoisotopic (exact) mass is 366 g/mol. The standard InChI is InChI=1S/C21H22N2O4/c1-5-14-6-7-16(15(10-14)12-24)17-8-9-18(20(25)22-11-13(2)3)23-19(17)21(26)27-4/h5-10,12-13H,1,11H2,2-4H3,(H,22,25). The van der Waals surface area contributed by atoms with Gasteiger partial charge in [-0.05, 0) is 35.2 Å². The third-order valence-corrected chi connectivity index (χ3v) is 3.91. The molecule has 27 heavy (non-hydrogen) atoms. The van der Waals surface area contributed by atoms with E-state index in [0.29, 0.717) is 29.5 Å². The molecule has 0 spiro atoms. The molecule has 2 aromatic rings. The summed E-state index contributed by atoms with van der Waals surface area (Å²) in [7, 11) is 1.24. The minimum atomic E-state index is -0.687. The normalized spacial score (nSPS) is 10.4. The van der Waals surface area contributed by atoms with E-state index in [-0.39, 0.29) is 23.2 Å². The Morgan fingerprint density at radius 3 is 2.52 bits per heavy atom. The molecule has 0 bridgehead atoms. The lowest BCUT2D eigenvalue weighted by Gasteiger charge is -2.12. The van der Waals surface area contributed by atoms with Gasteiger partial charge in [-0.25, -0.2) is 9.78 Å². The van der Waals surface area contributed by atoms with Crippen LogP contribution in [0.15, 0.2) is 36.9 Å². The number of hydrogen-bond acceptors (Lipinski definition) is 5. The number of carbonyl (C=O) groups excluding carboxylic acids is 3. The maximum Gasteiger partial charge on any atom is 0.357 e. The number of amides is 1. The third kappa shape index (κ3) is 4.67. The van der Waals surface area contributed by atoms with Crippen molar-refractivity contribution in [2.75, 3.05) is 13.7 Å². The van der Waals surface area contributed by atoms with Crippen molar-refractivity contribution < 1.29 is 19.1 Å². The molecule has 0 saturated heterocycles. The number of methoxy groups -OCH3 is 1. The van der Waals surface area contributed by atoms with Gasteiger partial charge in [0.1, 0.15) is 5.69 Å². The van der Waals surface area contributed by atoms with E-state index < -0.39 is 5.97 Å². The van der Waals surface area contributed by atoms with Gasteiger partial charge in [-0.3, -0.25) is 9.59 Å². The van der Waals surface area contributed by atoms with Crippen LogP contribution in [0, 0.1) is 5.92 Å². The average molecular weight is 366 g/mol. The van der Waals surface area contributed by atoms with Crippen LogP contribution in [0.4, 0.5) is 0 Å². The highest BCUT2D eigenvalue weighted by Gasteiger charge is 2.20. The largest absolute Gasteiger partial charge is 0.464 e. The summed E-state index contributed by atoms with van der Waals surface area (Å²) in [5, 5.41) is 2.76. The van der Waals surface area contributed by atoms with Crippen LogP contribution in [0.1, 0.15) is 50.7 Å². The molecule has 0 aliphatic rings. The van der Waals surface area contributed by atoms with Crippen molar-refractivity contribution in [1.82, 2.24) is 10.3 Å². The quantitative estimate of drug-likeness (QED) is 0.600. The molecule has 1 heterocycles. The van der Waals surface area contributed by atoms with Crippen molar-refractivity contribution in [3.63, 3.8) is 0 Å². The van der Waals surface area contributed by atoms with Crippen molar-refractivity contribution in [2.45, 2.75) is 13.8 Å². The highest BCUT2D eigenvalue weighted by atomic mass is 16.5. The SMILES string of the molecule is C=Cc1ccc(-c2ccc(C(=O)NCC(C)C)nc2C(=O)OC)c(C=O)c1. The van der Waals surface area contributed by atoms with Crippen LogP contribution in [0.3, 0.4) is 0 Å². The molecule has 0 unspecified atom stereocenters. The molecule has 0 saturated carbocycles. The van der Waals surface area contributed by atoms with Crippen LogP contribution in [-0.4, -0.2) is 36.8 Å². The second-order valence-electron chi connectivity index (χ2n) is 6.36. The van der Waals surface area contributed by atoms with E-state index in [9.17, 15) is 14.4 Å². The molecule has 140 valence electrons. The Labute approximate surface area is 158 Å². The minimum Gasteiger partial charge on any atom is -0.464 e. The average Bonchev–Trinajstić information content (AvgIpc) is 2.70. The summed E-state index contributed by atoms with van der Waals surface area (Å²) >= 11 is 0. The smallest absolute Gasteiger partial charge is 0.357 e. The van der Waals surface area contributed by atoms with Crippen LogP contribution in [-0.2, 0) is 4.74 Å². The first-order valence-corrected chi connectivity index (χ1v) is 8.50. The van der Waals surface area contributed by atoms with Crippen LogP contribution in [0.5, 0.6) is 0 Å². The summed E-state index contributed by atoms with van der Waals surface area (Å²) in [6.45, 7) is 8.13. The molecule has 2 rings (SSSR count). The first-order valence-electron chi connectivity index (χ1n) is 8.50. The Kier molecular flexibility index (Phi) is 6.60. The lowest BCUT2D eigenvalue weighted by Crippen LogP contribution is -2.28. The Hall–Kier alpha value is -3.28. The van der Waals surface area contributed by atoms with E-state index >= 15 is 0 Å². The molecule has 1 aromatic heterocycles. The number of esters is 1. The summed E-state index contributed by atoms with van der Waals surface area (Å²) in [6.07, 6.45) is 2.32. The number of carbonyl (C=O) groups is 3. The summed E-state index contributed by atoms with van der Waals surface area (Å²) in [6, 6.07) is 8.27. The van der Waals surface area contributed by atoms with Crippen LogP contribution >= 0.6 is 0 Å². The van der Waals surface area contributed by atoms with Crippen molar-refractivity contribution in [3.8, 4) is 11.1 Å². The Morgan fingerprint density at radius 2 is 1.93 bits per heavy atom. The number of nitrogens with zero attached hydrogens (tertiary/aromatic N) is 1. The van der Waals surface area contributed by atoms with Crippen molar-refractivity contribution in [1.29, 1.82) is 0 Å².